The molecule has 23 nitrogen and oxygen atoms in total. The Hall–Kier alpha value is -8.34. The second-order valence-electron chi connectivity index (χ2n) is 18.1. The molecule has 0 spiro atoms. The number of benzene rings is 3. The fourth-order valence-electron chi connectivity index (χ4n) is 8.24. The minimum Gasteiger partial charge on any atom is -0.370 e. The molecule has 17 N–H and O–H groups in total. The van der Waals surface area contributed by atoms with Crippen LogP contribution in [0.3, 0.4) is 0 Å². The molecule has 4 unspecified atom stereocenters. The highest BCUT2D eigenvalue weighted by atomic mass is 16.2. The number of carbonyl (C=O) groups excluding carboxylic acids is 9. The predicted octanol–water partition coefficient (Wildman–Crippen LogP) is -1.81. The number of guanidine groups is 1. The molecule has 5 rings (SSSR count). The third-order valence-corrected chi connectivity index (χ3v) is 12.2. The van der Waals surface area contributed by atoms with Gasteiger partial charge in [0.15, 0.2) is 5.96 Å². The number of nitrogens with one attached hydrogen (secondary N) is 9. The van der Waals surface area contributed by atoms with Gasteiger partial charge in [-0.15, -0.1) is 0 Å². The number of primary amides is 1. The van der Waals surface area contributed by atoms with Crippen LogP contribution in [0.15, 0.2) is 96.1 Å². The normalized spacial score (nSPS) is 21.3. The Kier molecular flexibility index (Phi) is 21.9. The molecule has 74 heavy (non-hydrogen) atoms. The maximum Gasteiger partial charge on any atom is 0.243 e. The van der Waals surface area contributed by atoms with E-state index in [0.717, 1.165) is 10.9 Å². The number of para-hydroxylation sites is 1. The lowest BCUT2D eigenvalue weighted by Crippen LogP contribution is -2.60. The van der Waals surface area contributed by atoms with Gasteiger partial charge in [-0.3, -0.25) is 48.1 Å². The van der Waals surface area contributed by atoms with E-state index < -0.39 is 102 Å². The summed E-state index contributed by atoms with van der Waals surface area (Å²) in [7, 11) is 0. The quantitative estimate of drug-likeness (QED) is 0.0336. The Morgan fingerprint density at radius 3 is 2.03 bits per heavy atom. The van der Waals surface area contributed by atoms with Gasteiger partial charge >= 0.3 is 0 Å². The summed E-state index contributed by atoms with van der Waals surface area (Å²) < 4.78 is 0. The summed E-state index contributed by atoms with van der Waals surface area (Å²) in [5, 5.41) is 22.1. The lowest BCUT2D eigenvalue weighted by atomic mass is 10.0. The first-order valence-electron chi connectivity index (χ1n) is 24.6. The van der Waals surface area contributed by atoms with Crippen LogP contribution in [0, 0.1) is 0 Å². The van der Waals surface area contributed by atoms with Crippen molar-refractivity contribution in [2.75, 3.05) is 19.6 Å². The van der Waals surface area contributed by atoms with Crippen molar-refractivity contribution in [3.05, 3.63) is 108 Å². The van der Waals surface area contributed by atoms with Crippen LogP contribution in [-0.4, -0.2) is 126 Å². The van der Waals surface area contributed by atoms with E-state index in [1.54, 1.807) is 66.9 Å². The summed E-state index contributed by atoms with van der Waals surface area (Å²) in [6, 6.07) is 15.5. The number of fused-ring (bicyclic) bond motifs is 1. The summed E-state index contributed by atoms with van der Waals surface area (Å²) in [5.41, 5.74) is 25.4. The van der Waals surface area contributed by atoms with E-state index in [0.29, 0.717) is 16.7 Å². The fraction of sp³-hybridized carbons (Fsp3) is 0.412. The molecular weight excluding hydrogens is 953 g/mol. The first-order chi connectivity index (χ1) is 35.5. The molecule has 0 radical (unpaired) electrons. The number of aliphatic imine (C=N–C) groups is 1. The molecule has 3 aromatic carbocycles. The van der Waals surface area contributed by atoms with Gasteiger partial charge in [-0.1, -0.05) is 78.9 Å². The van der Waals surface area contributed by atoms with Crippen molar-refractivity contribution in [3.63, 3.8) is 0 Å². The molecule has 23 heteroatoms. The first-order valence-corrected chi connectivity index (χ1v) is 24.6. The van der Waals surface area contributed by atoms with Gasteiger partial charge in [0.05, 0.1) is 12.8 Å². The van der Waals surface area contributed by atoms with Gasteiger partial charge in [0.25, 0.3) is 0 Å². The molecule has 1 saturated heterocycles. The largest absolute Gasteiger partial charge is 0.370 e. The van der Waals surface area contributed by atoms with Crippen molar-refractivity contribution >= 4 is 70.0 Å². The number of hydrogen-bond donors (Lipinski definition) is 13. The molecule has 4 aromatic rings. The van der Waals surface area contributed by atoms with Crippen molar-refractivity contribution in [3.8, 4) is 0 Å². The Labute approximate surface area is 428 Å². The molecule has 9 amide bonds. The third kappa shape index (κ3) is 18.1. The molecule has 1 aromatic heterocycles. The summed E-state index contributed by atoms with van der Waals surface area (Å²) in [4.78, 5) is 132. The molecular formula is C51H68N14O9. The third-order valence-electron chi connectivity index (χ3n) is 12.2. The molecule has 396 valence electrons. The highest BCUT2D eigenvalue weighted by Gasteiger charge is 2.34. The zero-order valence-corrected chi connectivity index (χ0v) is 41.3. The molecule has 1 aliphatic rings. The number of aromatic amines is 1. The van der Waals surface area contributed by atoms with Crippen molar-refractivity contribution in [2.45, 2.75) is 113 Å². The maximum absolute atomic E-state index is 14.3. The zero-order valence-electron chi connectivity index (χ0n) is 41.3. The van der Waals surface area contributed by atoms with Crippen LogP contribution in [0.25, 0.3) is 10.9 Å². The topological polar surface area (TPSA) is 382 Å². The van der Waals surface area contributed by atoms with Crippen LogP contribution in [0.2, 0.25) is 0 Å². The zero-order chi connectivity index (χ0) is 53.6. The Morgan fingerprint density at radius 2 is 1.34 bits per heavy atom. The number of H-pyrrole nitrogens is 1. The monoisotopic (exact) mass is 1020 g/mol. The summed E-state index contributed by atoms with van der Waals surface area (Å²) in [6.45, 7) is 1.41. The number of nitrogens with zero attached hydrogens (tertiary/aromatic N) is 1. The maximum atomic E-state index is 14.3. The van der Waals surface area contributed by atoms with Crippen LogP contribution in [0.1, 0.15) is 68.6 Å². The summed E-state index contributed by atoms with van der Waals surface area (Å²) in [6.07, 6.45) is 1.57. The smallest absolute Gasteiger partial charge is 0.243 e. The average molecular weight is 1020 g/mol. The highest BCUT2D eigenvalue weighted by Crippen LogP contribution is 2.20. The van der Waals surface area contributed by atoms with Crippen molar-refractivity contribution < 1.29 is 43.2 Å². The number of carbonyl (C=O) groups is 9. The number of amides is 9. The summed E-state index contributed by atoms with van der Waals surface area (Å²) in [5.74, 6) is -7.16. The van der Waals surface area contributed by atoms with Gasteiger partial charge in [-0.25, -0.2) is 0 Å². The molecule has 0 bridgehead atoms. The van der Waals surface area contributed by atoms with Gasteiger partial charge in [0.2, 0.25) is 53.2 Å². The van der Waals surface area contributed by atoms with Crippen molar-refractivity contribution in [2.24, 2.45) is 27.9 Å². The SMILES string of the molecule is CC1NC(=O)C(Cc2ccccc2)NC(=O)[C@H](CCN)NC(=O)C(NC(=O)[C@H](CCCN=C(N)N)NC(=O)Cc2ccccc2)CC(=O)NCCCCC(C(N)=O)NC(=O)[C@H](Cc2c[nH]c3ccccc23)NC1=O. The van der Waals surface area contributed by atoms with Crippen LogP contribution >= 0.6 is 0 Å². The van der Waals surface area contributed by atoms with E-state index in [2.05, 4.69) is 52.5 Å². The number of nitrogens with two attached hydrogens (primary N) is 4. The van der Waals surface area contributed by atoms with E-state index in [9.17, 15) is 43.2 Å². The van der Waals surface area contributed by atoms with Crippen molar-refractivity contribution in [1.29, 1.82) is 0 Å². The minimum absolute atomic E-state index is 0.0184. The average Bonchev–Trinajstić information content (AvgIpc) is 3.78. The molecule has 0 aliphatic carbocycles. The first kappa shape index (κ1) is 56.6. The van der Waals surface area contributed by atoms with E-state index in [4.69, 9.17) is 22.9 Å². The Morgan fingerprint density at radius 1 is 0.716 bits per heavy atom. The number of hydrogen-bond acceptors (Lipinski definition) is 11. The second-order valence-corrected chi connectivity index (χ2v) is 18.1. The molecule has 2 heterocycles. The summed E-state index contributed by atoms with van der Waals surface area (Å²) >= 11 is 0. The van der Waals surface area contributed by atoms with Gasteiger partial charge < -0.3 is 70.5 Å². The molecule has 1 fully saturated rings. The van der Waals surface area contributed by atoms with Gasteiger partial charge in [0, 0.05) is 43.0 Å². The number of rotatable bonds is 16. The molecule has 7 atom stereocenters. The van der Waals surface area contributed by atoms with Crippen molar-refractivity contribution in [1.82, 2.24) is 47.5 Å². The van der Waals surface area contributed by atoms with Crippen LogP contribution in [0.5, 0.6) is 0 Å². The van der Waals surface area contributed by atoms with Crippen LogP contribution < -0.4 is 65.5 Å². The van der Waals surface area contributed by atoms with E-state index in [1.807, 2.05) is 24.3 Å². The highest BCUT2D eigenvalue weighted by molar-refractivity contribution is 5.99. The van der Waals surface area contributed by atoms with Gasteiger partial charge in [-0.2, -0.15) is 0 Å². The lowest BCUT2D eigenvalue weighted by molar-refractivity contribution is -0.136. The van der Waals surface area contributed by atoms with E-state index in [1.165, 1.54) is 6.92 Å². The van der Waals surface area contributed by atoms with Gasteiger partial charge in [0.1, 0.15) is 42.3 Å². The van der Waals surface area contributed by atoms with E-state index in [-0.39, 0.29) is 83.4 Å². The number of aromatic nitrogens is 1. The second kappa shape index (κ2) is 28.6. The Bertz CT molecular complexity index is 2610. The standard InChI is InChI=1S/C51H68N14O9/c1-30-45(69)63-40(27-33-29-58-35-18-9-8-17-34(33)35)49(73)61-36(44(53)68)19-10-11-23-56-42(66)28-41(65-46(70)37(20-12-24-57-51(54)55)60-43(67)26-32-15-6-3-7-16-32)50(74)62-38(21-22-52)47(71)64-39(48(72)59-30)25-31-13-4-2-5-14-31/h2-9,13-18,29-30,36-41,58H,10-12,19-28,52H2,1H3,(H2,53,68)(H,56,66)(H,59,72)(H,60,67)(H,61,73)(H,62,74)(H,63,69)(H,64,71)(H,65,70)(H4,54,55,57)/t30?,36?,37-,38-,39?,40-,41?/m0/s1. The molecule has 1 aliphatic heterocycles. The van der Waals surface area contributed by atoms with E-state index >= 15 is 0 Å². The van der Waals surface area contributed by atoms with Crippen LogP contribution in [0.4, 0.5) is 0 Å². The molecule has 0 saturated carbocycles. The minimum atomic E-state index is -1.63. The Balaban J connectivity index is 1.44. The lowest BCUT2D eigenvalue weighted by Gasteiger charge is -2.27. The van der Waals surface area contributed by atoms with Gasteiger partial charge in [-0.05, 0) is 74.8 Å². The predicted molar refractivity (Wildman–Crippen MR) is 276 cm³/mol. The fourth-order valence-corrected chi connectivity index (χ4v) is 8.24. The van der Waals surface area contributed by atoms with Crippen LogP contribution in [-0.2, 0) is 62.4 Å².